The summed E-state index contributed by atoms with van der Waals surface area (Å²) in [7, 11) is 4.09. The second-order valence-electron chi connectivity index (χ2n) is 9.87. The Morgan fingerprint density at radius 3 is 2.32 bits per heavy atom. The van der Waals surface area contributed by atoms with Crippen LogP contribution in [0.4, 0.5) is 0 Å². The number of carbonyl (C=O) groups excluding carboxylic acids is 2. The Hall–Kier alpha value is -4.56. The highest BCUT2D eigenvalue weighted by Gasteiger charge is 2.36. The van der Waals surface area contributed by atoms with Crippen LogP contribution in [0, 0.1) is 6.92 Å². The van der Waals surface area contributed by atoms with E-state index in [1.165, 1.54) is 0 Å². The summed E-state index contributed by atoms with van der Waals surface area (Å²) < 4.78 is 3.95. The van der Waals surface area contributed by atoms with Gasteiger partial charge < -0.3 is 9.47 Å². The summed E-state index contributed by atoms with van der Waals surface area (Å²) in [6.07, 6.45) is 4.64. The Kier molecular flexibility index (Phi) is 5.88. The predicted molar refractivity (Wildman–Crippen MR) is 149 cm³/mol. The Bertz CT molecular complexity index is 1740. The zero-order valence-electron chi connectivity index (χ0n) is 21.6. The summed E-state index contributed by atoms with van der Waals surface area (Å²) in [5.74, 6) is -0.844. The SMILES string of the molecule is Cc1ccc(-n2cc(C3=C(c4nn(CCCN(C)C)c5ccccc45)C(=O)NC3=O)c3ccccc32)cn1. The van der Waals surface area contributed by atoms with E-state index in [2.05, 4.69) is 15.2 Å². The van der Waals surface area contributed by atoms with E-state index >= 15 is 0 Å². The number of nitrogens with one attached hydrogen (secondary N) is 1. The van der Waals surface area contributed by atoms with Gasteiger partial charge in [-0.05, 0) is 58.3 Å². The standard InChI is InChI=1S/C30H28N6O2/c1-19-13-14-20(17-31-19)35-18-23(21-9-4-6-11-24(21)35)26-27(30(38)32-29(26)37)28-22-10-5-7-12-25(22)36(33-28)16-8-15-34(2)3/h4-7,9-14,17-18H,8,15-16H2,1-3H3,(H,32,37,38). The molecule has 4 heterocycles. The second-order valence-corrected chi connectivity index (χ2v) is 9.87. The maximum absolute atomic E-state index is 13.3. The predicted octanol–water partition coefficient (Wildman–Crippen LogP) is 4.20. The van der Waals surface area contributed by atoms with Crippen LogP contribution in [0.1, 0.15) is 23.4 Å². The quantitative estimate of drug-likeness (QED) is 0.336. The highest BCUT2D eigenvalue weighted by molar-refractivity contribution is 6.50. The van der Waals surface area contributed by atoms with Gasteiger partial charge in [-0.1, -0.05) is 36.4 Å². The molecule has 2 aromatic carbocycles. The number of aromatic nitrogens is 4. The molecule has 3 aromatic heterocycles. The Morgan fingerprint density at radius 1 is 0.868 bits per heavy atom. The lowest BCUT2D eigenvalue weighted by atomic mass is 9.97. The molecule has 0 radical (unpaired) electrons. The van der Waals surface area contributed by atoms with Gasteiger partial charge in [0.15, 0.2) is 0 Å². The number of hydrogen-bond donors (Lipinski definition) is 1. The van der Waals surface area contributed by atoms with Crippen LogP contribution < -0.4 is 5.32 Å². The third-order valence-corrected chi connectivity index (χ3v) is 6.96. The molecule has 0 saturated heterocycles. The molecule has 0 spiro atoms. The van der Waals surface area contributed by atoms with Crippen molar-refractivity contribution >= 4 is 44.8 Å². The molecule has 0 fully saturated rings. The number of amides is 2. The number of pyridine rings is 1. The van der Waals surface area contributed by atoms with Gasteiger partial charge in [0.1, 0.15) is 5.69 Å². The monoisotopic (exact) mass is 504 g/mol. The van der Waals surface area contributed by atoms with Crippen LogP contribution in [0.5, 0.6) is 0 Å². The van der Waals surface area contributed by atoms with Crippen molar-refractivity contribution in [2.24, 2.45) is 0 Å². The maximum Gasteiger partial charge on any atom is 0.261 e. The molecule has 2 amide bonds. The molecular weight excluding hydrogens is 476 g/mol. The van der Waals surface area contributed by atoms with Gasteiger partial charge in [-0.25, -0.2) is 0 Å². The van der Waals surface area contributed by atoms with Gasteiger partial charge in [0, 0.05) is 34.8 Å². The van der Waals surface area contributed by atoms with Crippen LogP contribution in [0.25, 0.3) is 38.6 Å². The highest BCUT2D eigenvalue weighted by atomic mass is 16.2. The van der Waals surface area contributed by atoms with Crippen molar-refractivity contribution in [1.82, 2.24) is 29.5 Å². The summed E-state index contributed by atoms with van der Waals surface area (Å²) in [6.45, 7) is 3.57. The maximum atomic E-state index is 13.3. The van der Waals surface area contributed by atoms with E-state index in [1.54, 1.807) is 0 Å². The van der Waals surface area contributed by atoms with Crippen LogP contribution in [-0.4, -0.2) is 56.7 Å². The summed E-state index contributed by atoms with van der Waals surface area (Å²) in [5, 5.41) is 9.16. The topological polar surface area (TPSA) is 85.0 Å². The molecule has 1 aliphatic rings. The number of aryl methyl sites for hydroxylation is 2. The number of fused-ring (bicyclic) bond motifs is 2. The molecule has 6 rings (SSSR count). The first-order chi connectivity index (χ1) is 18.4. The second kappa shape index (κ2) is 9.39. The van der Waals surface area contributed by atoms with Gasteiger partial charge in [-0.3, -0.25) is 24.6 Å². The van der Waals surface area contributed by atoms with E-state index in [9.17, 15) is 9.59 Å². The molecule has 190 valence electrons. The van der Waals surface area contributed by atoms with Gasteiger partial charge in [0.2, 0.25) is 0 Å². The number of rotatable bonds is 7. The number of para-hydroxylation sites is 2. The van der Waals surface area contributed by atoms with Gasteiger partial charge in [0.25, 0.3) is 11.8 Å². The fraction of sp³-hybridized carbons (Fsp3) is 0.200. The average molecular weight is 505 g/mol. The molecule has 8 heteroatoms. The van der Waals surface area contributed by atoms with Crippen LogP contribution in [0.3, 0.4) is 0 Å². The summed E-state index contributed by atoms with van der Waals surface area (Å²) >= 11 is 0. The minimum Gasteiger partial charge on any atom is -0.314 e. The minimum absolute atomic E-state index is 0.308. The fourth-order valence-electron chi connectivity index (χ4n) is 5.15. The lowest BCUT2D eigenvalue weighted by Gasteiger charge is -2.09. The van der Waals surface area contributed by atoms with Crippen molar-refractivity contribution in [3.05, 3.63) is 90.0 Å². The lowest BCUT2D eigenvalue weighted by molar-refractivity contribution is -0.122. The molecular formula is C30H28N6O2. The first kappa shape index (κ1) is 23.8. The van der Waals surface area contributed by atoms with E-state index in [-0.39, 0.29) is 0 Å². The van der Waals surface area contributed by atoms with Crippen LogP contribution in [-0.2, 0) is 16.1 Å². The van der Waals surface area contributed by atoms with Crippen molar-refractivity contribution in [1.29, 1.82) is 0 Å². The van der Waals surface area contributed by atoms with Crippen molar-refractivity contribution < 1.29 is 9.59 Å². The minimum atomic E-state index is -0.428. The largest absolute Gasteiger partial charge is 0.314 e. The molecule has 0 aliphatic carbocycles. The molecule has 0 bridgehead atoms. The summed E-state index contributed by atoms with van der Waals surface area (Å²) in [4.78, 5) is 33.2. The van der Waals surface area contributed by atoms with Crippen molar-refractivity contribution in [2.75, 3.05) is 20.6 Å². The zero-order valence-corrected chi connectivity index (χ0v) is 21.6. The van der Waals surface area contributed by atoms with Crippen LogP contribution in [0.2, 0.25) is 0 Å². The van der Waals surface area contributed by atoms with E-state index in [1.807, 2.05) is 103 Å². The lowest BCUT2D eigenvalue weighted by Crippen LogP contribution is -2.22. The molecule has 1 aliphatic heterocycles. The first-order valence-electron chi connectivity index (χ1n) is 12.7. The third kappa shape index (κ3) is 3.99. The Labute approximate surface area is 220 Å². The normalized spacial score (nSPS) is 13.9. The smallest absolute Gasteiger partial charge is 0.261 e. The molecule has 38 heavy (non-hydrogen) atoms. The van der Waals surface area contributed by atoms with Gasteiger partial charge in [0.05, 0.1) is 34.1 Å². The Morgan fingerprint density at radius 2 is 1.58 bits per heavy atom. The van der Waals surface area contributed by atoms with Crippen molar-refractivity contribution in [3.8, 4) is 5.69 Å². The fourth-order valence-corrected chi connectivity index (χ4v) is 5.15. The van der Waals surface area contributed by atoms with E-state index in [4.69, 9.17) is 5.10 Å². The van der Waals surface area contributed by atoms with E-state index in [0.29, 0.717) is 28.9 Å². The van der Waals surface area contributed by atoms with Crippen LogP contribution in [0.15, 0.2) is 73.1 Å². The van der Waals surface area contributed by atoms with E-state index < -0.39 is 11.8 Å². The molecule has 1 N–H and O–H groups in total. The average Bonchev–Trinajstić information content (AvgIpc) is 3.55. The molecule has 0 atom stereocenters. The third-order valence-electron chi connectivity index (χ3n) is 6.96. The summed E-state index contributed by atoms with van der Waals surface area (Å²) in [5.41, 5.74) is 5.52. The number of hydrogen-bond acceptors (Lipinski definition) is 5. The van der Waals surface area contributed by atoms with Gasteiger partial charge >= 0.3 is 0 Å². The Balaban J connectivity index is 1.57. The van der Waals surface area contributed by atoms with Crippen molar-refractivity contribution in [3.63, 3.8) is 0 Å². The molecule has 0 unspecified atom stereocenters. The zero-order chi connectivity index (χ0) is 26.4. The molecule has 5 aromatic rings. The molecule has 8 nitrogen and oxygen atoms in total. The number of nitrogens with zero attached hydrogens (tertiary/aromatic N) is 5. The number of imide groups is 1. The van der Waals surface area contributed by atoms with Gasteiger partial charge in [-0.15, -0.1) is 0 Å². The molecule has 0 saturated carbocycles. The van der Waals surface area contributed by atoms with E-state index in [0.717, 1.165) is 46.2 Å². The van der Waals surface area contributed by atoms with Crippen molar-refractivity contribution in [2.45, 2.75) is 19.9 Å². The number of carbonyl (C=O) groups is 2. The number of benzene rings is 2. The summed E-state index contributed by atoms with van der Waals surface area (Å²) in [6, 6.07) is 19.7. The van der Waals surface area contributed by atoms with Crippen LogP contribution >= 0.6 is 0 Å². The van der Waals surface area contributed by atoms with Gasteiger partial charge in [-0.2, -0.15) is 5.10 Å². The first-order valence-corrected chi connectivity index (χ1v) is 12.7. The highest BCUT2D eigenvalue weighted by Crippen LogP contribution is 2.38.